The molecule has 0 aliphatic carbocycles. The summed E-state index contributed by atoms with van der Waals surface area (Å²) in [6.45, 7) is 0. The molecule has 0 spiro atoms. The van der Waals surface area contributed by atoms with E-state index in [2.05, 4.69) is 24.8 Å². The molecular formula is C17H12N6OS. The zero-order valence-corrected chi connectivity index (χ0v) is 13.7. The smallest absolute Gasteiger partial charge is 0.276 e. The first kappa shape index (κ1) is 15.2. The Hall–Kier alpha value is -3.39. The number of pyridine rings is 1. The summed E-state index contributed by atoms with van der Waals surface area (Å²) in [7, 11) is 0. The second kappa shape index (κ2) is 6.62. The molecule has 1 aromatic carbocycles. The van der Waals surface area contributed by atoms with Crippen LogP contribution < -0.4 is 5.32 Å². The van der Waals surface area contributed by atoms with Crippen molar-refractivity contribution in [3.8, 4) is 17.2 Å². The van der Waals surface area contributed by atoms with Crippen LogP contribution in [-0.2, 0) is 0 Å². The Bertz CT molecular complexity index is 997. The molecule has 7 nitrogen and oxygen atoms in total. The average molecular weight is 348 g/mol. The van der Waals surface area contributed by atoms with Crippen LogP contribution in [0.4, 0.5) is 5.13 Å². The summed E-state index contributed by atoms with van der Waals surface area (Å²) in [5.74, 6) is 0.809. The van der Waals surface area contributed by atoms with Crippen molar-refractivity contribution in [1.29, 1.82) is 0 Å². The fraction of sp³-hybridized carbons (Fsp3) is 0. The minimum absolute atomic E-state index is 0.282. The molecule has 0 fully saturated rings. The van der Waals surface area contributed by atoms with Crippen LogP contribution in [0.1, 0.15) is 10.5 Å². The number of nitrogens with zero attached hydrogens (tertiary/aromatic N) is 5. The minimum atomic E-state index is -0.343. The first-order valence-corrected chi connectivity index (χ1v) is 8.24. The SMILES string of the molecule is O=C(Nc1nc(-c2ccccc2)ns1)c1cccc(-n2cccn2)n1. The highest BCUT2D eigenvalue weighted by Gasteiger charge is 2.13. The van der Waals surface area contributed by atoms with E-state index in [1.54, 1.807) is 41.3 Å². The zero-order chi connectivity index (χ0) is 17.1. The van der Waals surface area contributed by atoms with Gasteiger partial charge < -0.3 is 0 Å². The number of hydrogen-bond acceptors (Lipinski definition) is 6. The molecule has 0 saturated carbocycles. The molecule has 1 N–H and O–H groups in total. The van der Waals surface area contributed by atoms with Gasteiger partial charge in [0.2, 0.25) is 5.13 Å². The zero-order valence-electron chi connectivity index (χ0n) is 12.9. The van der Waals surface area contributed by atoms with Crippen molar-refractivity contribution in [1.82, 2.24) is 24.1 Å². The predicted molar refractivity (Wildman–Crippen MR) is 94.7 cm³/mol. The number of aromatic nitrogens is 5. The second-order valence-corrected chi connectivity index (χ2v) is 5.83. The molecule has 3 aromatic heterocycles. The van der Waals surface area contributed by atoms with E-state index in [1.807, 2.05) is 30.3 Å². The van der Waals surface area contributed by atoms with Crippen LogP contribution in [0.5, 0.6) is 0 Å². The van der Waals surface area contributed by atoms with E-state index in [-0.39, 0.29) is 11.6 Å². The lowest BCUT2D eigenvalue weighted by Gasteiger charge is -2.04. The standard InChI is InChI=1S/C17H12N6OS/c24-16(13-8-4-9-14(19-13)23-11-5-10-18-23)21-17-20-15(22-25-17)12-6-2-1-3-7-12/h1-11H,(H,20,21,22,24). The van der Waals surface area contributed by atoms with Gasteiger partial charge in [-0.15, -0.1) is 0 Å². The van der Waals surface area contributed by atoms with Crippen molar-refractivity contribution in [2.45, 2.75) is 0 Å². The van der Waals surface area contributed by atoms with E-state index in [1.165, 1.54) is 0 Å². The van der Waals surface area contributed by atoms with Gasteiger partial charge in [-0.05, 0) is 18.2 Å². The third kappa shape index (κ3) is 3.29. The normalized spacial score (nSPS) is 10.6. The third-order valence-corrected chi connectivity index (χ3v) is 4.02. The molecule has 8 heteroatoms. The molecular weight excluding hydrogens is 336 g/mol. The predicted octanol–water partition coefficient (Wildman–Crippen LogP) is 3.04. The Morgan fingerprint density at radius 2 is 1.88 bits per heavy atom. The molecule has 0 unspecified atom stereocenters. The largest absolute Gasteiger partial charge is 0.295 e. The topological polar surface area (TPSA) is 85.6 Å². The molecule has 0 radical (unpaired) electrons. The summed E-state index contributed by atoms with van der Waals surface area (Å²) in [6.07, 6.45) is 3.42. The number of amides is 1. The molecule has 1 amide bonds. The van der Waals surface area contributed by atoms with Gasteiger partial charge >= 0.3 is 0 Å². The molecule has 4 rings (SSSR count). The van der Waals surface area contributed by atoms with E-state index < -0.39 is 0 Å². The van der Waals surface area contributed by atoms with Crippen molar-refractivity contribution in [2.75, 3.05) is 5.32 Å². The molecule has 122 valence electrons. The molecule has 25 heavy (non-hydrogen) atoms. The first-order valence-electron chi connectivity index (χ1n) is 7.47. The summed E-state index contributed by atoms with van der Waals surface area (Å²) >= 11 is 1.13. The van der Waals surface area contributed by atoms with Crippen molar-refractivity contribution >= 4 is 22.6 Å². The maximum Gasteiger partial charge on any atom is 0.276 e. The summed E-state index contributed by atoms with van der Waals surface area (Å²) in [6, 6.07) is 16.6. The Balaban J connectivity index is 1.53. The van der Waals surface area contributed by atoms with Crippen LogP contribution in [-0.4, -0.2) is 30.0 Å². The average Bonchev–Trinajstić information content (AvgIpc) is 3.35. The second-order valence-electron chi connectivity index (χ2n) is 5.07. The fourth-order valence-electron chi connectivity index (χ4n) is 2.22. The molecule has 0 aliphatic heterocycles. The Labute approximate surface area is 147 Å². The Morgan fingerprint density at radius 3 is 2.68 bits per heavy atom. The highest BCUT2D eigenvalue weighted by molar-refractivity contribution is 7.10. The number of carbonyl (C=O) groups is 1. The number of benzene rings is 1. The quantitative estimate of drug-likeness (QED) is 0.613. The van der Waals surface area contributed by atoms with E-state index in [0.717, 1.165) is 17.1 Å². The van der Waals surface area contributed by atoms with Crippen molar-refractivity contribution < 1.29 is 4.79 Å². The fourth-order valence-corrected chi connectivity index (χ4v) is 2.81. The van der Waals surface area contributed by atoms with Gasteiger partial charge in [0, 0.05) is 29.5 Å². The van der Waals surface area contributed by atoms with Crippen LogP contribution in [0.15, 0.2) is 67.0 Å². The van der Waals surface area contributed by atoms with Gasteiger partial charge in [-0.25, -0.2) is 9.67 Å². The minimum Gasteiger partial charge on any atom is -0.295 e. The van der Waals surface area contributed by atoms with Gasteiger partial charge in [-0.3, -0.25) is 10.1 Å². The number of nitrogens with one attached hydrogen (secondary N) is 1. The lowest BCUT2D eigenvalue weighted by atomic mass is 10.2. The lowest BCUT2D eigenvalue weighted by Crippen LogP contribution is -2.14. The van der Waals surface area contributed by atoms with Gasteiger partial charge in [0.15, 0.2) is 11.6 Å². The van der Waals surface area contributed by atoms with Crippen LogP contribution in [0.25, 0.3) is 17.2 Å². The first-order chi connectivity index (χ1) is 12.3. The summed E-state index contributed by atoms with van der Waals surface area (Å²) in [5, 5.41) is 7.27. The molecule has 0 saturated heterocycles. The molecule has 0 aliphatic rings. The van der Waals surface area contributed by atoms with Crippen LogP contribution in [0.2, 0.25) is 0 Å². The maximum absolute atomic E-state index is 12.4. The van der Waals surface area contributed by atoms with Crippen LogP contribution in [0.3, 0.4) is 0 Å². The maximum atomic E-state index is 12.4. The van der Waals surface area contributed by atoms with Gasteiger partial charge in [-0.1, -0.05) is 36.4 Å². The highest BCUT2D eigenvalue weighted by Crippen LogP contribution is 2.21. The van der Waals surface area contributed by atoms with E-state index in [4.69, 9.17) is 0 Å². The summed E-state index contributed by atoms with van der Waals surface area (Å²) in [5.41, 5.74) is 1.18. The number of carbonyl (C=O) groups excluding carboxylic acids is 1. The van der Waals surface area contributed by atoms with E-state index >= 15 is 0 Å². The Kier molecular flexibility index (Phi) is 4.01. The molecule has 3 heterocycles. The van der Waals surface area contributed by atoms with E-state index in [9.17, 15) is 4.79 Å². The van der Waals surface area contributed by atoms with Crippen molar-refractivity contribution in [3.05, 3.63) is 72.7 Å². The molecule has 0 atom stereocenters. The number of hydrogen-bond donors (Lipinski definition) is 1. The van der Waals surface area contributed by atoms with Gasteiger partial charge in [0.05, 0.1) is 0 Å². The summed E-state index contributed by atoms with van der Waals surface area (Å²) < 4.78 is 5.87. The monoisotopic (exact) mass is 348 g/mol. The number of rotatable bonds is 4. The lowest BCUT2D eigenvalue weighted by molar-refractivity contribution is 0.102. The van der Waals surface area contributed by atoms with E-state index in [0.29, 0.717) is 16.8 Å². The highest BCUT2D eigenvalue weighted by atomic mass is 32.1. The van der Waals surface area contributed by atoms with Gasteiger partial charge in [0.25, 0.3) is 5.91 Å². The van der Waals surface area contributed by atoms with Crippen molar-refractivity contribution in [2.24, 2.45) is 0 Å². The summed E-state index contributed by atoms with van der Waals surface area (Å²) in [4.78, 5) is 21.1. The van der Waals surface area contributed by atoms with Crippen molar-refractivity contribution in [3.63, 3.8) is 0 Å². The third-order valence-electron chi connectivity index (χ3n) is 3.38. The van der Waals surface area contributed by atoms with Crippen LogP contribution in [0, 0.1) is 0 Å². The van der Waals surface area contributed by atoms with Crippen LogP contribution >= 0.6 is 11.5 Å². The number of anilines is 1. The molecule has 0 bridgehead atoms. The van der Waals surface area contributed by atoms with Gasteiger partial charge in [0.1, 0.15) is 5.69 Å². The van der Waals surface area contributed by atoms with Gasteiger partial charge in [-0.2, -0.15) is 14.5 Å². The molecule has 4 aromatic rings. The Morgan fingerprint density at radius 1 is 1.00 bits per heavy atom.